The number of hydrogen-bond acceptors (Lipinski definition) is 5. The highest BCUT2D eigenvalue weighted by Gasteiger charge is 2.29. The third-order valence-electron chi connectivity index (χ3n) is 4.97. The predicted octanol–water partition coefficient (Wildman–Crippen LogP) is 4.80. The van der Waals surface area contributed by atoms with E-state index in [-0.39, 0.29) is 23.7 Å². The largest absolute Gasteiger partial charge is 0.502 e. The summed E-state index contributed by atoms with van der Waals surface area (Å²) in [5.74, 6) is -1.30. The second-order valence-electron chi connectivity index (χ2n) is 7.09. The number of rotatable bonds is 5. The third kappa shape index (κ3) is 4.96. The molecule has 6 nitrogen and oxygen atoms in total. The molecule has 0 radical (unpaired) electrons. The van der Waals surface area contributed by atoms with E-state index < -0.39 is 17.1 Å². The van der Waals surface area contributed by atoms with Crippen LogP contribution in [-0.2, 0) is 13.1 Å². The first-order chi connectivity index (χ1) is 15.4. The monoisotopic (exact) mass is 455 g/mol. The molecule has 0 fully saturated rings. The Balaban J connectivity index is 0.00000141. The van der Waals surface area contributed by atoms with Gasteiger partial charge in [0, 0.05) is 30.7 Å². The second-order valence-corrected chi connectivity index (χ2v) is 7.97. The lowest BCUT2D eigenvalue weighted by Crippen LogP contribution is -2.41. The molecular formula is C24H26FN3O3S. The van der Waals surface area contributed by atoms with Crippen LogP contribution >= 0.6 is 11.9 Å². The van der Waals surface area contributed by atoms with E-state index in [2.05, 4.69) is 4.72 Å². The molecular weight excluding hydrogens is 429 g/mol. The molecule has 32 heavy (non-hydrogen) atoms. The molecule has 2 heterocycles. The van der Waals surface area contributed by atoms with Crippen LogP contribution in [0.25, 0.3) is 0 Å². The molecule has 0 unspecified atom stereocenters. The SMILES string of the molecule is CC.Cc1cc(CN2CCn3cc(NSc4ccccc4)c(=O)c(O)c3C2=O)ccc1F. The molecule has 1 aliphatic heterocycles. The van der Waals surface area contributed by atoms with Crippen molar-refractivity contribution in [3.63, 3.8) is 0 Å². The maximum Gasteiger partial charge on any atom is 0.274 e. The molecule has 0 saturated carbocycles. The Morgan fingerprint density at radius 1 is 1.09 bits per heavy atom. The molecule has 168 valence electrons. The minimum atomic E-state index is -0.627. The zero-order chi connectivity index (χ0) is 23.3. The van der Waals surface area contributed by atoms with E-state index in [4.69, 9.17) is 0 Å². The molecule has 2 N–H and O–H groups in total. The summed E-state index contributed by atoms with van der Waals surface area (Å²) in [7, 11) is 0. The maximum atomic E-state index is 13.5. The smallest absolute Gasteiger partial charge is 0.274 e. The second kappa shape index (κ2) is 10.4. The zero-order valence-corrected chi connectivity index (χ0v) is 19.1. The lowest BCUT2D eigenvalue weighted by Gasteiger charge is -2.30. The lowest BCUT2D eigenvalue weighted by atomic mass is 10.1. The number of halogens is 1. The van der Waals surface area contributed by atoms with Gasteiger partial charge in [0.15, 0.2) is 11.4 Å². The minimum Gasteiger partial charge on any atom is -0.502 e. The number of aromatic nitrogens is 1. The van der Waals surface area contributed by atoms with Crippen molar-refractivity contribution in [2.45, 2.75) is 38.8 Å². The molecule has 0 aliphatic carbocycles. The minimum absolute atomic E-state index is 0.0275. The van der Waals surface area contributed by atoms with E-state index in [9.17, 15) is 19.1 Å². The number of nitrogens with zero attached hydrogens (tertiary/aromatic N) is 2. The van der Waals surface area contributed by atoms with Gasteiger partial charge in [0.05, 0.1) is 0 Å². The Kier molecular flexibility index (Phi) is 7.58. The molecule has 0 atom stereocenters. The normalized spacial score (nSPS) is 12.6. The van der Waals surface area contributed by atoms with Crippen LogP contribution in [0.2, 0.25) is 0 Å². The quantitative estimate of drug-likeness (QED) is 0.541. The number of carbonyl (C=O) groups excluding carboxylic acids is 1. The molecule has 4 rings (SSSR count). The van der Waals surface area contributed by atoms with Crippen LogP contribution in [0.15, 0.2) is 64.4 Å². The molecule has 0 saturated heterocycles. The van der Waals surface area contributed by atoms with Crippen LogP contribution in [0.1, 0.15) is 35.5 Å². The van der Waals surface area contributed by atoms with Gasteiger partial charge in [-0.05, 0) is 48.2 Å². The summed E-state index contributed by atoms with van der Waals surface area (Å²) in [5, 5.41) is 10.5. The van der Waals surface area contributed by atoms with E-state index >= 15 is 0 Å². The van der Waals surface area contributed by atoms with E-state index in [0.29, 0.717) is 18.7 Å². The Labute approximate surface area is 190 Å². The van der Waals surface area contributed by atoms with Crippen LogP contribution < -0.4 is 10.2 Å². The third-order valence-corrected chi connectivity index (χ3v) is 5.80. The van der Waals surface area contributed by atoms with Crippen molar-refractivity contribution in [2.24, 2.45) is 0 Å². The topological polar surface area (TPSA) is 74.6 Å². The summed E-state index contributed by atoms with van der Waals surface area (Å²) in [6.45, 7) is 6.78. The Morgan fingerprint density at radius 3 is 2.50 bits per heavy atom. The van der Waals surface area contributed by atoms with Gasteiger partial charge < -0.3 is 19.3 Å². The molecule has 0 bridgehead atoms. The Hall–Kier alpha value is -3.26. The van der Waals surface area contributed by atoms with Gasteiger partial charge in [0.25, 0.3) is 5.91 Å². The fourth-order valence-electron chi connectivity index (χ4n) is 3.38. The number of carbonyl (C=O) groups is 1. The van der Waals surface area contributed by atoms with E-state index in [1.165, 1.54) is 18.0 Å². The first-order valence-corrected chi connectivity index (χ1v) is 11.2. The van der Waals surface area contributed by atoms with Crippen molar-refractivity contribution >= 4 is 23.5 Å². The van der Waals surface area contributed by atoms with Crippen molar-refractivity contribution < 1.29 is 14.3 Å². The molecule has 8 heteroatoms. The highest BCUT2D eigenvalue weighted by molar-refractivity contribution is 8.00. The van der Waals surface area contributed by atoms with Crippen molar-refractivity contribution in [3.8, 4) is 5.75 Å². The number of hydrogen-bond donors (Lipinski definition) is 2. The van der Waals surface area contributed by atoms with Crippen molar-refractivity contribution in [1.82, 2.24) is 9.47 Å². The summed E-state index contributed by atoms with van der Waals surface area (Å²) in [4.78, 5) is 28.0. The van der Waals surface area contributed by atoms with E-state index in [1.807, 2.05) is 44.2 Å². The first kappa shape index (κ1) is 23.4. The standard InChI is InChI=1S/C22H20FN3O3S.C2H6/c1-14-11-15(7-8-17(14)23)12-26-10-9-25-13-18(20(27)21(28)19(25)22(26)29)24-30-16-5-3-2-4-6-16;1-2/h2-8,11,13,24,28H,9-10,12H2,1H3;1-2H3. The average molecular weight is 456 g/mol. The number of aromatic hydroxyl groups is 1. The Bertz CT molecular complexity index is 1170. The molecule has 1 aromatic heterocycles. The summed E-state index contributed by atoms with van der Waals surface area (Å²) in [6, 6.07) is 14.2. The predicted molar refractivity (Wildman–Crippen MR) is 126 cm³/mol. The van der Waals surface area contributed by atoms with Gasteiger partial charge in [-0.3, -0.25) is 9.59 Å². The van der Waals surface area contributed by atoms with E-state index in [1.54, 1.807) is 34.7 Å². The number of anilines is 1. The highest BCUT2D eigenvalue weighted by Crippen LogP contribution is 2.26. The summed E-state index contributed by atoms with van der Waals surface area (Å²) < 4.78 is 18.1. The fraction of sp³-hybridized carbons (Fsp3) is 0.250. The van der Waals surface area contributed by atoms with Gasteiger partial charge in [-0.15, -0.1) is 0 Å². The number of amides is 1. The van der Waals surface area contributed by atoms with Gasteiger partial charge >= 0.3 is 0 Å². The Morgan fingerprint density at radius 2 is 1.81 bits per heavy atom. The lowest BCUT2D eigenvalue weighted by molar-refractivity contribution is 0.0683. The maximum absolute atomic E-state index is 13.5. The zero-order valence-electron chi connectivity index (χ0n) is 18.3. The number of benzene rings is 2. The van der Waals surface area contributed by atoms with Crippen LogP contribution in [0, 0.1) is 12.7 Å². The molecule has 3 aromatic rings. The first-order valence-electron chi connectivity index (χ1n) is 10.4. The van der Waals surface area contributed by atoms with Gasteiger partial charge in [-0.25, -0.2) is 4.39 Å². The molecule has 1 amide bonds. The number of fused-ring (bicyclic) bond motifs is 1. The summed E-state index contributed by atoms with van der Waals surface area (Å²) in [5.41, 5.74) is 0.844. The molecule has 2 aromatic carbocycles. The molecule has 0 spiro atoms. The highest BCUT2D eigenvalue weighted by atomic mass is 32.2. The van der Waals surface area contributed by atoms with Crippen LogP contribution in [0.3, 0.4) is 0 Å². The number of pyridine rings is 1. The van der Waals surface area contributed by atoms with Gasteiger partial charge in [-0.1, -0.05) is 44.2 Å². The van der Waals surface area contributed by atoms with Crippen molar-refractivity contribution in [1.29, 1.82) is 0 Å². The van der Waals surface area contributed by atoms with Gasteiger partial charge in [0.1, 0.15) is 11.5 Å². The molecule has 1 aliphatic rings. The van der Waals surface area contributed by atoms with Crippen molar-refractivity contribution in [3.05, 3.63) is 87.6 Å². The van der Waals surface area contributed by atoms with Gasteiger partial charge in [-0.2, -0.15) is 0 Å². The average Bonchev–Trinajstić information content (AvgIpc) is 2.81. The van der Waals surface area contributed by atoms with Crippen molar-refractivity contribution in [2.75, 3.05) is 11.3 Å². The van der Waals surface area contributed by atoms with Crippen LogP contribution in [0.4, 0.5) is 10.1 Å². The van der Waals surface area contributed by atoms with E-state index in [0.717, 1.165) is 10.5 Å². The number of aryl methyl sites for hydroxylation is 1. The van der Waals surface area contributed by atoms with Gasteiger partial charge in [0.2, 0.25) is 5.43 Å². The van der Waals surface area contributed by atoms with Crippen LogP contribution in [-0.4, -0.2) is 27.0 Å². The summed E-state index contributed by atoms with van der Waals surface area (Å²) >= 11 is 1.25. The van der Waals surface area contributed by atoms with Crippen LogP contribution in [0.5, 0.6) is 5.75 Å². The number of nitrogens with one attached hydrogen (secondary N) is 1. The fourth-order valence-corrected chi connectivity index (χ4v) is 4.05. The summed E-state index contributed by atoms with van der Waals surface area (Å²) in [6.07, 6.45) is 1.56.